The first kappa shape index (κ1) is 23.5. The van der Waals surface area contributed by atoms with Crippen LogP contribution < -0.4 is 15.6 Å². The summed E-state index contributed by atoms with van der Waals surface area (Å²) in [4.78, 5) is 39.7. The Hall–Kier alpha value is -2.62. The summed E-state index contributed by atoms with van der Waals surface area (Å²) in [5.41, 5.74) is -0.929. The first-order valence-corrected chi connectivity index (χ1v) is 12.0. The summed E-state index contributed by atoms with van der Waals surface area (Å²) >= 11 is 3.42. The molecule has 4 rings (SSSR count). The fourth-order valence-electron chi connectivity index (χ4n) is 3.76. The van der Waals surface area contributed by atoms with Crippen LogP contribution in [0, 0.1) is 0 Å². The number of rotatable bonds is 5. The summed E-state index contributed by atoms with van der Waals surface area (Å²) in [7, 11) is 0. The van der Waals surface area contributed by atoms with Gasteiger partial charge in [0.2, 0.25) is 11.8 Å². The van der Waals surface area contributed by atoms with E-state index in [2.05, 4.69) is 26.3 Å². The van der Waals surface area contributed by atoms with Gasteiger partial charge in [0.1, 0.15) is 18.2 Å². The number of benzene rings is 1. The Labute approximate surface area is 200 Å². The van der Waals surface area contributed by atoms with E-state index < -0.39 is 5.60 Å². The summed E-state index contributed by atoms with van der Waals surface area (Å²) in [5, 5.41) is 8.36. The molecule has 1 saturated carbocycles. The highest BCUT2D eigenvalue weighted by molar-refractivity contribution is 9.10. The van der Waals surface area contributed by atoms with Crippen molar-refractivity contribution in [1.82, 2.24) is 20.0 Å². The summed E-state index contributed by atoms with van der Waals surface area (Å²) in [5.74, 6) is 0.0180. The molecule has 0 bridgehead atoms. The number of likely N-dealkylation sites (tertiary alicyclic amines) is 1. The first-order chi connectivity index (χ1) is 15.6. The van der Waals surface area contributed by atoms with Gasteiger partial charge in [0.05, 0.1) is 10.8 Å². The van der Waals surface area contributed by atoms with Crippen LogP contribution in [0.5, 0.6) is 5.88 Å². The molecule has 1 aromatic heterocycles. The Balaban J connectivity index is 1.46. The molecule has 1 aliphatic heterocycles. The van der Waals surface area contributed by atoms with E-state index in [4.69, 9.17) is 9.47 Å². The third-order valence-electron chi connectivity index (χ3n) is 5.42. The number of aromatic nitrogens is 2. The maximum Gasteiger partial charge on any atom is 0.410 e. The van der Waals surface area contributed by atoms with Crippen LogP contribution in [-0.4, -0.2) is 57.5 Å². The molecule has 1 aliphatic carbocycles. The van der Waals surface area contributed by atoms with Crippen LogP contribution in [0.15, 0.2) is 27.5 Å². The zero-order chi connectivity index (χ0) is 23.8. The SMILES string of the molecule is CC(C)(C)OC(=O)N1CCC[C@H](NC(=O)Cn2nc(OC3CC3)c3cc(Br)ccc3c2=O)C1. The first-order valence-electron chi connectivity index (χ1n) is 11.2. The van der Waals surface area contributed by atoms with E-state index >= 15 is 0 Å². The molecule has 2 aromatic rings. The number of nitrogens with zero attached hydrogens (tertiary/aromatic N) is 3. The van der Waals surface area contributed by atoms with E-state index in [9.17, 15) is 14.4 Å². The van der Waals surface area contributed by atoms with Gasteiger partial charge in [-0.25, -0.2) is 9.48 Å². The summed E-state index contributed by atoms with van der Waals surface area (Å²) in [6.45, 7) is 6.19. The number of carbonyl (C=O) groups excluding carboxylic acids is 2. The van der Waals surface area contributed by atoms with E-state index in [0.29, 0.717) is 29.7 Å². The molecule has 2 fully saturated rings. The van der Waals surface area contributed by atoms with Gasteiger partial charge in [0.15, 0.2) is 0 Å². The number of amides is 2. The lowest BCUT2D eigenvalue weighted by Crippen LogP contribution is -2.51. The van der Waals surface area contributed by atoms with Gasteiger partial charge < -0.3 is 19.7 Å². The van der Waals surface area contributed by atoms with E-state index in [1.807, 2.05) is 20.8 Å². The quantitative estimate of drug-likeness (QED) is 0.649. The minimum atomic E-state index is -0.577. The Kier molecular flexibility index (Phi) is 6.65. The number of halogens is 1. The third kappa shape index (κ3) is 6.04. The molecule has 0 radical (unpaired) electrons. The van der Waals surface area contributed by atoms with Gasteiger partial charge in [0.25, 0.3) is 5.56 Å². The fraction of sp³-hybridized carbons (Fsp3) is 0.565. The van der Waals surface area contributed by atoms with Crippen LogP contribution in [0.25, 0.3) is 10.8 Å². The number of fused-ring (bicyclic) bond motifs is 1. The highest BCUT2D eigenvalue weighted by atomic mass is 79.9. The van der Waals surface area contributed by atoms with Crippen LogP contribution in [0.1, 0.15) is 46.5 Å². The number of piperidine rings is 1. The molecule has 9 nitrogen and oxygen atoms in total. The van der Waals surface area contributed by atoms with Crippen molar-refractivity contribution in [3.63, 3.8) is 0 Å². The zero-order valence-corrected chi connectivity index (χ0v) is 20.7. The van der Waals surface area contributed by atoms with Crippen molar-refractivity contribution in [1.29, 1.82) is 0 Å². The minimum absolute atomic E-state index is 0.0977. The van der Waals surface area contributed by atoms with Crippen molar-refractivity contribution >= 4 is 38.7 Å². The molecule has 2 aliphatic rings. The Morgan fingerprint density at radius 3 is 2.67 bits per heavy atom. The topological polar surface area (TPSA) is 103 Å². The molecule has 178 valence electrons. The number of hydrogen-bond acceptors (Lipinski definition) is 6. The van der Waals surface area contributed by atoms with Crippen LogP contribution >= 0.6 is 15.9 Å². The number of carbonyl (C=O) groups is 2. The van der Waals surface area contributed by atoms with E-state index in [1.54, 1.807) is 23.1 Å². The van der Waals surface area contributed by atoms with Gasteiger partial charge >= 0.3 is 6.09 Å². The highest BCUT2D eigenvalue weighted by Crippen LogP contribution is 2.30. The van der Waals surface area contributed by atoms with Crippen molar-refractivity contribution in [2.45, 2.75) is 70.7 Å². The lowest BCUT2D eigenvalue weighted by atomic mass is 10.1. The van der Waals surface area contributed by atoms with Crippen molar-refractivity contribution in [2.75, 3.05) is 13.1 Å². The summed E-state index contributed by atoms with van der Waals surface area (Å²) in [6, 6.07) is 5.08. The number of hydrogen-bond donors (Lipinski definition) is 1. The van der Waals surface area contributed by atoms with Crippen LogP contribution in [0.4, 0.5) is 4.79 Å². The molecule has 1 atom stereocenters. The van der Waals surface area contributed by atoms with Gasteiger partial charge in [-0.15, -0.1) is 5.10 Å². The Morgan fingerprint density at radius 1 is 1.21 bits per heavy atom. The lowest BCUT2D eigenvalue weighted by molar-refractivity contribution is -0.123. The van der Waals surface area contributed by atoms with Crippen LogP contribution in [-0.2, 0) is 16.1 Å². The van der Waals surface area contributed by atoms with E-state index in [1.165, 1.54) is 0 Å². The van der Waals surface area contributed by atoms with Crippen LogP contribution in [0.3, 0.4) is 0 Å². The monoisotopic (exact) mass is 520 g/mol. The summed E-state index contributed by atoms with van der Waals surface area (Å²) < 4.78 is 13.3. The molecule has 0 spiro atoms. The van der Waals surface area contributed by atoms with Gasteiger partial charge in [0, 0.05) is 23.6 Å². The van der Waals surface area contributed by atoms with Gasteiger partial charge in [-0.3, -0.25) is 9.59 Å². The molecule has 2 amide bonds. The van der Waals surface area contributed by atoms with Crippen molar-refractivity contribution in [2.24, 2.45) is 0 Å². The van der Waals surface area contributed by atoms with E-state index in [0.717, 1.165) is 34.8 Å². The average molecular weight is 521 g/mol. The Bertz CT molecular complexity index is 1120. The predicted octanol–water partition coefficient (Wildman–Crippen LogP) is 3.22. The lowest BCUT2D eigenvalue weighted by Gasteiger charge is -2.34. The Morgan fingerprint density at radius 2 is 1.97 bits per heavy atom. The highest BCUT2D eigenvalue weighted by Gasteiger charge is 2.29. The maximum atomic E-state index is 13.0. The second kappa shape index (κ2) is 9.32. The molecular weight excluding hydrogens is 492 g/mol. The predicted molar refractivity (Wildman–Crippen MR) is 126 cm³/mol. The van der Waals surface area contributed by atoms with Gasteiger partial charge in [-0.2, -0.15) is 0 Å². The maximum absolute atomic E-state index is 13.0. The standard InChI is InChI=1S/C23H29BrN4O5/c1-23(2,3)33-22(31)27-10-4-5-15(12-27)25-19(29)13-28-21(30)17-9-6-14(24)11-18(17)20(26-28)32-16-7-8-16/h6,9,11,15-16H,4-5,7-8,10,12-13H2,1-3H3,(H,25,29)/t15-/m0/s1. The van der Waals surface area contributed by atoms with Crippen molar-refractivity contribution in [3.05, 3.63) is 33.0 Å². The van der Waals surface area contributed by atoms with Crippen molar-refractivity contribution < 1.29 is 19.1 Å². The summed E-state index contributed by atoms with van der Waals surface area (Å²) in [6.07, 6.45) is 3.11. The molecule has 1 aromatic carbocycles. The fourth-order valence-corrected chi connectivity index (χ4v) is 4.12. The molecule has 0 unspecified atom stereocenters. The second-order valence-electron chi connectivity index (χ2n) is 9.61. The van der Waals surface area contributed by atoms with Gasteiger partial charge in [-0.05, 0) is 64.7 Å². The molecule has 10 heteroatoms. The van der Waals surface area contributed by atoms with Gasteiger partial charge in [-0.1, -0.05) is 15.9 Å². The molecule has 33 heavy (non-hydrogen) atoms. The van der Waals surface area contributed by atoms with Crippen LogP contribution in [0.2, 0.25) is 0 Å². The number of nitrogens with one attached hydrogen (secondary N) is 1. The average Bonchev–Trinajstić information content (AvgIpc) is 3.54. The largest absolute Gasteiger partial charge is 0.473 e. The third-order valence-corrected chi connectivity index (χ3v) is 5.92. The number of ether oxygens (including phenoxy) is 2. The zero-order valence-electron chi connectivity index (χ0n) is 19.1. The normalized spacial score (nSPS) is 18.8. The second-order valence-corrected chi connectivity index (χ2v) is 10.5. The van der Waals surface area contributed by atoms with E-state index in [-0.39, 0.29) is 36.3 Å². The van der Waals surface area contributed by atoms with Crippen molar-refractivity contribution in [3.8, 4) is 5.88 Å². The molecule has 1 N–H and O–H groups in total. The smallest absolute Gasteiger partial charge is 0.410 e. The minimum Gasteiger partial charge on any atom is -0.473 e. The molecular formula is C23H29BrN4O5. The molecule has 1 saturated heterocycles. The molecule has 2 heterocycles.